The first-order chi connectivity index (χ1) is 7.25. The van der Waals surface area contributed by atoms with Crippen molar-refractivity contribution in [3.63, 3.8) is 0 Å². The number of anilines is 1. The third kappa shape index (κ3) is 2.62. The van der Waals surface area contributed by atoms with Crippen LogP contribution in [0.1, 0.15) is 25.0 Å². The van der Waals surface area contributed by atoms with Crippen LogP contribution in [0.15, 0.2) is 12.4 Å². The van der Waals surface area contributed by atoms with Crippen molar-refractivity contribution in [2.24, 2.45) is 11.7 Å². The van der Waals surface area contributed by atoms with E-state index in [1.54, 1.807) is 12.4 Å². The molecule has 1 aromatic rings. The Morgan fingerprint density at radius 1 is 1.47 bits per heavy atom. The zero-order chi connectivity index (χ0) is 10.7. The van der Waals surface area contributed by atoms with Crippen molar-refractivity contribution < 1.29 is 0 Å². The van der Waals surface area contributed by atoms with E-state index >= 15 is 0 Å². The first-order valence-electron chi connectivity index (χ1n) is 5.11. The second-order valence-corrected chi connectivity index (χ2v) is 4.27. The van der Waals surface area contributed by atoms with Crippen LogP contribution in [0.2, 0.25) is 0 Å². The standard InChI is InChI=1S/C10H14N4S/c11-10(15)8-5-14-9(6-12-8)13-4-7-2-1-3-7/h5-7H,1-4H2,(H2,11,15)(H,13,14). The summed E-state index contributed by atoms with van der Waals surface area (Å²) in [6.07, 6.45) is 7.29. The number of rotatable bonds is 4. The minimum absolute atomic E-state index is 0.285. The SMILES string of the molecule is NC(=S)c1cnc(NCC2CCC2)cn1. The molecule has 2 rings (SSSR count). The van der Waals surface area contributed by atoms with E-state index in [1.807, 2.05) is 0 Å². The van der Waals surface area contributed by atoms with E-state index in [2.05, 4.69) is 15.3 Å². The predicted octanol–water partition coefficient (Wildman–Crippen LogP) is 1.32. The van der Waals surface area contributed by atoms with Crippen LogP contribution in [0.5, 0.6) is 0 Å². The van der Waals surface area contributed by atoms with Crippen molar-refractivity contribution in [1.82, 2.24) is 9.97 Å². The van der Waals surface area contributed by atoms with Gasteiger partial charge in [-0.1, -0.05) is 18.6 Å². The number of hydrogen-bond donors (Lipinski definition) is 2. The van der Waals surface area contributed by atoms with Gasteiger partial charge in [-0.05, 0) is 18.8 Å². The van der Waals surface area contributed by atoms with Crippen LogP contribution in [0.4, 0.5) is 5.82 Å². The van der Waals surface area contributed by atoms with Gasteiger partial charge >= 0.3 is 0 Å². The van der Waals surface area contributed by atoms with E-state index < -0.39 is 0 Å². The normalized spacial score (nSPS) is 15.7. The molecule has 1 aliphatic carbocycles. The molecule has 80 valence electrons. The molecule has 0 unspecified atom stereocenters. The molecule has 0 aromatic carbocycles. The molecule has 1 heterocycles. The average Bonchev–Trinajstić information content (AvgIpc) is 2.16. The van der Waals surface area contributed by atoms with Gasteiger partial charge in [0.1, 0.15) is 16.5 Å². The summed E-state index contributed by atoms with van der Waals surface area (Å²) < 4.78 is 0. The van der Waals surface area contributed by atoms with Gasteiger partial charge in [-0.3, -0.25) is 0 Å². The number of nitrogens with two attached hydrogens (primary N) is 1. The van der Waals surface area contributed by atoms with Gasteiger partial charge < -0.3 is 11.1 Å². The first kappa shape index (κ1) is 10.3. The number of nitrogens with zero attached hydrogens (tertiary/aromatic N) is 2. The molecule has 0 amide bonds. The van der Waals surface area contributed by atoms with Crippen molar-refractivity contribution in [1.29, 1.82) is 0 Å². The third-order valence-corrected chi connectivity index (χ3v) is 2.91. The fourth-order valence-corrected chi connectivity index (χ4v) is 1.60. The van der Waals surface area contributed by atoms with Crippen LogP contribution >= 0.6 is 12.2 Å². The highest BCUT2D eigenvalue weighted by molar-refractivity contribution is 7.80. The molecular formula is C10H14N4S. The summed E-state index contributed by atoms with van der Waals surface area (Å²) in [7, 11) is 0. The van der Waals surface area contributed by atoms with E-state index in [-0.39, 0.29) is 4.99 Å². The highest BCUT2D eigenvalue weighted by Gasteiger charge is 2.16. The maximum atomic E-state index is 5.43. The highest BCUT2D eigenvalue weighted by atomic mass is 32.1. The molecule has 0 aliphatic heterocycles. The summed E-state index contributed by atoms with van der Waals surface area (Å²) in [5.74, 6) is 1.60. The second kappa shape index (κ2) is 4.53. The Kier molecular flexibility index (Phi) is 3.11. The molecule has 1 fully saturated rings. The first-order valence-corrected chi connectivity index (χ1v) is 5.52. The van der Waals surface area contributed by atoms with Gasteiger partial charge in [0.2, 0.25) is 0 Å². The summed E-state index contributed by atoms with van der Waals surface area (Å²) in [5.41, 5.74) is 5.99. The molecule has 3 N–H and O–H groups in total. The van der Waals surface area contributed by atoms with Gasteiger partial charge in [-0.15, -0.1) is 0 Å². The molecule has 0 radical (unpaired) electrons. The van der Waals surface area contributed by atoms with Crippen LogP contribution in [0.3, 0.4) is 0 Å². The zero-order valence-electron chi connectivity index (χ0n) is 8.44. The monoisotopic (exact) mass is 222 g/mol. The average molecular weight is 222 g/mol. The van der Waals surface area contributed by atoms with Gasteiger partial charge in [0.05, 0.1) is 12.4 Å². The molecule has 0 bridgehead atoms. The zero-order valence-corrected chi connectivity index (χ0v) is 9.26. The summed E-state index contributed by atoms with van der Waals surface area (Å²) in [6.45, 7) is 0.987. The Morgan fingerprint density at radius 3 is 2.73 bits per heavy atom. The Labute approximate surface area is 94.3 Å². The van der Waals surface area contributed by atoms with Gasteiger partial charge in [0.15, 0.2) is 0 Å². The molecule has 1 aromatic heterocycles. The fraction of sp³-hybridized carbons (Fsp3) is 0.500. The van der Waals surface area contributed by atoms with Crippen LogP contribution in [0, 0.1) is 5.92 Å². The largest absolute Gasteiger partial charge is 0.388 e. The summed E-state index contributed by atoms with van der Waals surface area (Å²) >= 11 is 4.79. The third-order valence-electron chi connectivity index (χ3n) is 2.70. The Bertz CT molecular complexity index is 345. The Hall–Kier alpha value is -1.23. The van der Waals surface area contributed by atoms with Crippen molar-refractivity contribution in [2.75, 3.05) is 11.9 Å². The van der Waals surface area contributed by atoms with Crippen molar-refractivity contribution in [3.05, 3.63) is 18.1 Å². The van der Waals surface area contributed by atoms with Crippen LogP contribution in [-0.2, 0) is 0 Å². The van der Waals surface area contributed by atoms with Crippen LogP contribution in [-0.4, -0.2) is 21.5 Å². The van der Waals surface area contributed by atoms with Gasteiger partial charge in [0, 0.05) is 6.54 Å². The molecule has 15 heavy (non-hydrogen) atoms. The maximum Gasteiger partial charge on any atom is 0.144 e. The van der Waals surface area contributed by atoms with Crippen molar-refractivity contribution in [2.45, 2.75) is 19.3 Å². The molecule has 1 saturated carbocycles. The number of nitrogens with one attached hydrogen (secondary N) is 1. The summed E-state index contributed by atoms with van der Waals surface area (Å²) in [5, 5.41) is 3.26. The lowest BCUT2D eigenvalue weighted by Crippen LogP contribution is -2.21. The smallest absolute Gasteiger partial charge is 0.144 e. The number of hydrogen-bond acceptors (Lipinski definition) is 4. The molecule has 0 saturated heterocycles. The van der Waals surface area contributed by atoms with E-state index in [4.69, 9.17) is 18.0 Å². The summed E-state index contributed by atoms with van der Waals surface area (Å²) in [4.78, 5) is 8.58. The van der Waals surface area contributed by atoms with Gasteiger partial charge in [0.25, 0.3) is 0 Å². The van der Waals surface area contributed by atoms with Crippen LogP contribution in [0.25, 0.3) is 0 Å². The minimum atomic E-state index is 0.285. The summed E-state index contributed by atoms with van der Waals surface area (Å²) in [6, 6.07) is 0. The molecular weight excluding hydrogens is 208 g/mol. The quantitative estimate of drug-likeness (QED) is 0.752. The lowest BCUT2D eigenvalue weighted by Gasteiger charge is -2.25. The second-order valence-electron chi connectivity index (χ2n) is 3.83. The topological polar surface area (TPSA) is 63.8 Å². The van der Waals surface area contributed by atoms with E-state index in [0.717, 1.165) is 18.3 Å². The highest BCUT2D eigenvalue weighted by Crippen LogP contribution is 2.26. The predicted molar refractivity (Wildman–Crippen MR) is 63.8 cm³/mol. The van der Waals surface area contributed by atoms with Crippen molar-refractivity contribution in [3.8, 4) is 0 Å². The lowest BCUT2D eigenvalue weighted by atomic mass is 9.85. The molecule has 5 heteroatoms. The fourth-order valence-electron chi connectivity index (χ4n) is 1.49. The molecule has 0 atom stereocenters. The minimum Gasteiger partial charge on any atom is -0.388 e. The Morgan fingerprint density at radius 2 is 2.27 bits per heavy atom. The van der Waals surface area contributed by atoms with E-state index in [9.17, 15) is 0 Å². The molecule has 1 aliphatic rings. The Balaban J connectivity index is 1.88. The van der Waals surface area contributed by atoms with Gasteiger partial charge in [-0.25, -0.2) is 9.97 Å². The van der Waals surface area contributed by atoms with E-state index in [0.29, 0.717) is 5.69 Å². The molecule has 4 nitrogen and oxygen atoms in total. The lowest BCUT2D eigenvalue weighted by molar-refractivity contribution is 0.333. The maximum absolute atomic E-state index is 5.43. The number of thiocarbonyl (C=S) groups is 1. The van der Waals surface area contributed by atoms with Crippen molar-refractivity contribution >= 4 is 23.0 Å². The molecule has 0 spiro atoms. The van der Waals surface area contributed by atoms with Gasteiger partial charge in [-0.2, -0.15) is 0 Å². The number of aromatic nitrogens is 2. The van der Waals surface area contributed by atoms with Crippen LogP contribution < -0.4 is 11.1 Å². The van der Waals surface area contributed by atoms with E-state index in [1.165, 1.54) is 19.3 Å².